The number of nitrogens with two attached hydrogens (primary N) is 1. The molecule has 1 fully saturated rings. The van der Waals surface area contributed by atoms with E-state index in [0.717, 1.165) is 16.8 Å². The largest absolute Gasteiger partial charge is 0.383 e. The highest BCUT2D eigenvalue weighted by molar-refractivity contribution is 9.10. The normalized spacial score (nSPS) is 24.0. The minimum Gasteiger partial charge on any atom is -0.383 e. The summed E-state index contributed by atoms with van der Waals surface area (Å²) in [5, 5.41) is 4.29. The van der Waals surface area contributed by atoms with Gasteiger partial charge >= 0.3 is 0 Å². The molecule has 2 N–H and O–H groups in total. The lowest BCUT2D eigenvalue weighted by Crippen LogP contribution is -2.34. The second kappa shape index (κ2) is 3.90. The average Bonchev–Trinajstić information content (AvgIpc) is 2.48. The molecule has 1 unspecified atom stereocenters. The van der Waals surface area contributed by atoms with Crippen LogP contribution in [0.3, 0.4) is 0 Å². The van der Waals surface area contributed by atoms with Gasteiger partial charge in [-0.1, -0.05) is 0 Å². The van der Waals surface area contributed by atoms with Gasteiger partial charge in [0.1, 0.15) is 5.82 Å². The van der Waals surface area contributed by atoms with Gasteiger partial charge in [-0.25, -0.2) is 4.68 Å². The zero-order valence-electron chi connectivity index (χ0n) is 8.28. The molecule has 0 bridgehead atoms. The van der Waals surface area contributed by atoms with Crippen LogP contribution in [0.5, 0.6) is 0 Å². The minimum atomic E-state index is 0.431. The number of rotatable bonds is 1. The number of nitrogens with zero attached hydrogens (tertiary/aromatic N) is 3. The van der Waals surface area contributed by atoms with Gasteiger partial charge in [-0.3, -0.25) is 0 Å². The molecule has 0 aromatic carbocycles. The van der Waals surface area contributed by atoms with Gasteiger partial charge in [0, 0.05) is 6.54 Å². The highest BCUT2D eigenvalue weighted by Crippen LogP contribution is 2.26. The van der Waals surface area contributed by atoms with Crippen LogP contribution in [0, 0.1) is 0 Å². The molecule has 1 atom stereocenters. The molecule has 1 aromatic rings. The van der Waals surface area contributed by atoms with E-state index in [1.807, 2.05) is 4.68 Å². The van der Waals surface area contributed by atoms with Gasteiger partial charge in [-0.2, -0.15) is 5.10 Å². The van der Waals surface area contributed by atoms with E-state index in [2.05, 4.69) is 33.0 Å². The summed E-state index contributed by atoms with van der Waals surface area (Å²) in [4.78, 5) is 2.32. The molecule has 0 amide bonds. The number of hydrogen-bond donors (Lipinski definition) is 1. The summed E-state index contributed by atoms with van der Waals surface area (Å²) in [7, 11) is 2.14. The third kappa shape index (κ3) is 1.79. The Morgan fingerprint density at radius 1 is 1.64 bits per heavy atom. The predicted octanol–water partition coefficient (Wildman–Crippen LogP) is 1.49. The molecule has 2 rings (SSSR count). The predicted molar refractivity (Wildman–Crippen MR) is 60.1 cm³/mol. The molecule has 1 aromatic heterocycles. The van der Waals surface area contributed by atoms with Gasteiger partial charge in [0.15, 0.2) is 0 Å². The van der Waals surface area contributed by atoms with Crippen molar-refractivity contribution in [2.75, 3.05) is 25.9 Å². The third-order valence-corrected chi connectivity index (χ3v) is 3.34. The van der Waals surface area contributed by atoms with Crippen LogP contribution in [0.25, 0.3) is 0 Å². The van der Waals surface area contributed by atoms with E-state index >= 15 is 0 Å². The Morgan fingerprint density at radius 3 is 3.00 bits per heavy atom. The summed E-state index contributed by atoms with van der Waals surface area (Å²) in [5.74, 6) is 0.741. The first-order valence-corrected chi connectivity index (χ1v) is 5.65. The molecule has 1 aliphatic heterocycles. The maximum atomic E-state index is 5.91. The molecule has 0 saturated carbocycles. The van der Waals surface area contributed by atoms with E-state index in [4.69, 9.17) is 5.73 Å². The van der Waals surface area contributed by atoms with Crippen molar-refractivity contribution < 1.29 is 0 Å². The number of aromatic nitrogens is 2. The minimum absolute atomic E-state index is 0.431. The lowest BCUT2D eigenvalue weighted by Gasteiger charge is -2.30. The zero-order valence-corrected chi connectivity index (χ0v) is 9.87. The number of likely N-dealkylation sites (N-methyl/N-ethyl adjacent to an activating group) is 1. The van der Waals surface area contributed by atoms with Crippen LogP contribution in [0.1, 0.15) is 18.9 Å². The Kier molecular flexibility index (Phi) is 2.78. The maximum absolute atomic E-state index is 5.91. The number of piperidine rings is 1. The molecular formula is C9H15BrN4. The number of hydrogen-bond acceptors (Lipinski definition) is 3. The van der Waals surface area contributed by atoms with Crippen molar-refractivity contribution in [3.05, 3.63) is 10.7 Å². The molecular weight excluding hydrogens is 244 g/mol. The van der Waals surface area contributed by atoms with E-state index in [0.29, 0.717) is 6.04 Å². The molecule has 1 aliphatic rings. The van der Waals surface area contributed by atoms with Crippen molar-refractivity contribution in [3.8, 4) is 0 Å². The summed E-state index contributed by atoms with van der Waals surface area (Å²) in [6, 6.07) is 0.431. The van der Waals surface area contributed by atoms with Gasteiger partial charge in [0.05, 0.1) is 16.7 Å². The van der Waals surface area contributed by atoms with Crippen LogP contribution in [0.15, 0.2) is 10.7 Å². The molecule has 4 nitrogen and oxygen atoms in total. The fourth-order valence-electron chi connectivity index (χ4n) is 1.98. The molecule has 0 aliphatic carbocycles. The number of likely N-dealkylation sites (tertiary alicyclic amines) is 1. The van der Waals surface area contributed by atoms with Crippen molar-refractivity contribution in [2.45, 2.75) is 18.9 Å². The summed E-state index contributed by atoms with van der Waals surface area (Å²) >= 11 is 3.38. The average molecular weight is 259 g/mol. The van der Waals surface area contributed by atoms with Crippen molar-refractivity contribution in [1.29, 1.82) is 0 Å². The topological polar surface area (TPSA) is 47.1 Å². The standard InChI is InChI=1S/C9H15BrN4/c1-13-4-2-3-7(6-13)14-9(11)8(10)5-12-14/h5,7H,2-4,6,11H2,1H3. The smallest absolute Gasteiger partial charge is 0.136 e. The van der Waals surface area contributed by atoms with E-state index in [9.17, 15) is 0 Å². The highest BCUT2D eigenvalue weighted by Gasteiger charge is 2.21. The fraction of sp³-hybridized carbons (Fsp3) is 0.667. The first kappa shape index (κ1) is 9.98. The van der Waals surface area contributed by atoms with Gasteiger partial charge in [0.2, 0.25) is 0 Å². The van der Waals surface area contributed by atoms with E-state index in [1.54, 1.807) is 6.20 Å². The third-order valence-electron chi connectivity index (χ3n) is 2.73. The Hall–Kier alpha value is -0.550. The van der Waals surface area contributed by atoms with Crippen LogP contribution < -0.4 is 5.73 Å². The Labute approximate surface area is 92.2 Å². The van der Waals surface area contributed by atoms with Crippen LogP contribution in [0.4, 0.5) is 5.82 Å². The SMILES string of the molecule is CN1CCCC(n2ncc(Br)c2N)C1. The quantitative estimate of drug-likeness (QED) is 0.831. The van der Waals surface area contributed by atoms with Crippen molar-refractivity contribution in [1.82, 2.24) is 14.7 Å². The van der Waals surface area contributed by atoms with Gasteiger partial charge in [-0.05, 0) is 42.4 Å². The first-order valence-electron chi connectivity index (χ1n) is 4.85. The second-order valence-corrected chi connectivity index (χ2v) is 4.73. The summed E-state index contributed by atoms with van der Waals surface area (Å²) in [6.07, 6.45) is 4.16. The molecule has 78 valence electrons. The molecule has 0 radical (unpaired) electrons. The second-order valence-electron chi connectivity index (χ2n) is 3.88. The van der Waals surface area contributed by atoms with Crippen LogP contribution >= 0.6 is 15.9 Å². The van der Waals surface area contributed by atoms with Crippen molar-refractivity contribution in [3.63, 3.8) is 0 Å². The summed E-state index contributed by atoms with van der Waals surface area (Å²) in [6.45, 7) is 2.22. The summed E-state index contributed by atoms with van der Waals surface area (Å²) < 4.78 is 2.82. The Balaban J connectivity index is 2.18. The highest BCUT2D eigenvalue weighted by atomic mass is 79.9. The van der Waals surface area contributed by atoms with Gasteiger partial charge in [-0.15, -0.1) is 0 Å². The van der Waals surface area contributed by atoms with E-state index in [-0.39, 0.29) is 0 Å². The Bertz CT molecular complexity index is 323. The number of anilines is 1. The molecule has 1 saturated heterocycles. The fourth-order valence-corrected chi connectivity index (χ4v) is 2.25. The maximum Gasteiger partial charge on any atom is 0.136 e. The van der Waals surface area contributed by atoms with Crippen LogP contribution in [0.2, 0.25) is 0 Å². The number of nitrogen functional groups attached to an aromatic ring is 1. The van der Waals surface area contributed by atoms with Gasteiger partial charge in [0.25, 0.3) is 0 Å². The monoisotopic (exact) mass is 258 g/mol. The van der Waals surface area contributed by atoms with E-state index in [1.165, 1.54) is 19.4 Å². The summed E-state index contributed by atoms with van der Waals surface area (Å²) in [5.41, 5.74) is 5.91. The molecule has 0 spiro atoms. The van der Waals surface area contributed by atoms with Crippen molar-refractivity contribution >= 4 is 21.7 Å². The molecule has 14 heavy (non-hydrogen) atoms. The Morgan fingerprint density at radius 2 is 2.43 bits per heavy atom. The first-order chi connectivity index (χ1) is 6.68. The zero-order chi connectivity index (χ0) is 10.1. The van der Waals surface area contributed by atoms with E-state index < -0.39 is 0 Å². The van der Waals surface area contributed by atoms with Crippen LogP contribution in [-0.4, -0.2) is 34.8 Å². The lowest BCUT2D eigenvalue weighted by molar-refractivity contribution is 0.204. The lowest BCUT2D eigenvalue weighted by atomic mass is 10.1. The molecule has 2 heterocycles. The van der Waals surface area contributed by atoms with Crippen LogP contribution in [-0.2, 0) is 0 Å². The van der Waals surface area contributed by atoms with Crippen molar-refractivity contribution in [2.24, 2.45) is 0 Å². The molecule has 5 heteroatoms. The number of halogens is 1. The van der Waals surface area contributed by atoms with Gasteiger partial charge < -0.3 is 10.6 Å².